The standard InChI is InChI=1S/C15H26N2S/c1-12-6-9-18-14(12)15(2,3)11-17-10-13-4-7-16-8-5-13/h6,9,13,16-17H,4-5,7-8,10-11H2,1-3H3. The fourth-order valence-electron chi connectivity index (χ4n) is 2.82. The predicted octanol–water partition coefficient (Wildman–Crippen LogP) is 2.92. The summed E-state index contributed by atoms with van der Waals surface area (Å²) in [5.74, 6) is 0.867. The molecule has 0 aliphatic carbocycles. The van der Waals surface area contributed by atoms with E-state index >= 15 is 0 Å². The first-order valence-corrected chi connectivity index (χ1v) is 7.93. The van der Waals surface area contributed by atoms with E-state index in [2.05, 4.69) is 42.9 Å². The Hall–Kier alpha value is -0.380. The lowest BCUT2D eigenvalue weighted by Crippen LogP contribution is -2.38. The van der Waals surface area contributed by atoms with E-state index in [0.717, 1.165) is 12.5 Å². The summed E-state index contributed by atoms with van der Waals surface area (Å²) in [7, 11) is 0. The highest BCUT2D eigenvalue weighted by Gasteiger charge is 2.24. The highest BCUT2D eigenvalue weighted by molar-refractivity contribution is 7.10. The smallest absolute Gasteiger partial charge is 0.0143 e. The van der Waals surface area contributed by atoms with Gasteiger partial charge in [-0.25, -0.2) is 0 Å². The Morgan fingerprint density at radius 1 is 1.39 bits per heavy atom. The van der Waals surface area contributed by atoms with Gasteiger partial charge in [0.05, 0.1) is 0 Å². The van der Waals surface area contributed by atoms with Gasteiger partial charge in [0.1, 0.15) is 0 Å². The molecular weight excluding hydrogens is 240 g/mol. The van der Waals surface area contributed by atoms with Gasteiger partial charge in [-0.1, -0.05) is 13.8 Å². The van der Waals surface area contributed by atoms with E-state index in [1.54, 1.807) is 0 Å². The Kier molecular flexibility index (Phi) is 4.82. The van der Waals surface area contributed by atoms with Crippen molar-refractivity contribution in [1.29, 1.82) is 0 Å². The van der Waals surface area contributed by atoms with Crippen LogP contribution in [0.4, 0.5) is 0 Å². The summed E-state index contributed by atoms with van der Waals surface area (Å²) in [6, 6.07) is 2.23. The van der Waals surface area contributed by atoms with Gasteiger partial charge < -0.3 is 10.6 Å². The Morgan fingerprint density at radius 2 is 2.11 bits per heavy atom. The zero-order valence-corrected chi connectivity index (χ0v) is 12.7. The van der Waals surface area contributed by atoms with Crippen molar-refractivity contribution >= 4 is 11.3 Å². The first-order valence-electron chi connectivity index (χ1n) is 7.05. The molecule has 0 unspecified atom stereocenters. The van der Waals surface area contributed by atoms with E-state index in [1.165, 1.54) is 42.9 Å². The average Bonchev–Trinajstić information content (AvgIpc) is 2.77. The molecule has 0 spiro atoms. The largest absolute Gasteiger partial charge is 0.317 e. The van der Waals surface area contributed by atoms with Gasteiger partial charge in [0.25, 0.3) is 0 Å². The van der Waals surface area contributed by atoms with Crippen LogP contribution in [0, 0.1) is 12.8 Å². The van der Waals surface area contributed by atoms with Gasteiger partial charge in [-0.05, 0) is 62.3 Å². The van der Waals surface area contributed by atoms with Gasteiger partial charge in [-0.15, -0.1) is 11.3 Å². The maximum absolute atomic E-state index is 3.69. The molecule has 0 bridgehead atoms. The molecule has 1 aliphatic rings. The quantitative estimate of drug-likeness (QED) is 0.856. The molecule has 2 rings (SSSR count). The molecule has 2 nitrogen and oxygen atoms in total. The van der Waals surface area contributed by atoms with Gasteiger partial charge in [-0.2, -0.15) is 0 Å². The molecule has 3 heteroatoms. The van der Waals surface area contributed by atoms with E-state index < -0.39 is 0 Å². The molecule has 0 saturated carbocycles. The molecule has 2 heterocycles. The Labute approximate surface area is 115 Å². The van der Waals surface area contributed by atoms with E-state index in [0.29, 0.717) is 0 Å². The van der Waals surface area contributed by atoms with Crippen LogP contribution in [-0.2, 0) is 5.41 Å². The third kappa shape index (κ3) is 3.56. The molecule has 1 saturated heterocycles. The third-order valence-electron chi connectivity index (χ3n) is 3.94. The van der Waals surface area contributed by atoms with Gasteiger partial charge >= 0.3 is 0 Å². The Bertz CT molecular complexity index is 364. The second-order valence-corrected chi connectivity index (χ2v) is 7.06. The molecule has 1 aromatic rings. The summed E-state index contributed by atoms with van der Waals surface area (Å²) in [6.07, 6.45) is 2.65. The summed E-state index contributed by atoms with van der Waals surface area (Å²) in [6.45, 7) is 11.6. The second-order valence-electron chi connectivity index (χ2n) is 6.14. The minimum Gasteiger partial charge on any atom is -0.317 e. The summed E-state index contributed by atoms with van der Waals surface area (Å²) < 4.78 is 0. The Morgan fingerprint density at radius 3 is 2.72 bits per heavy atom. The maximum Gasteiger partial charge on any atom is 0.0143 e. The van der Waals surface area contributed by atoms with Crippen LogP contribution in [0.25, 0.3) is 0 Å². The number of thiophene rings is 1. The average molecular weight is 266 g/mol. The SMILES string of the molecule is Cc1ccsc1C(C)(C)CNCC1CCNCC1. The van der Waals surface area contributed by atoms with Gasteiger partial charge in [0.15, 0.2) is 0 Å². The molecular formula is C15H26N2S. The molecule has 1 fully saturated rings. The van der Waals surface area contributed by atoms with Crippen molar-refractivity contribution in [2.75, 3.05) is 26.2 Å². The lowest BCUT2D eigenvalue weighted by molar-refractivity contribution is 0.343. The van der Waals surface area contributed by atoms with Crippen LogP contribution in [0.2, 0.25) is 0 Å². The molecule has 0 atom stereocenters. The van der Waals surface area contributed by atoms with Gasteiger partial charge in [0, 0.05) is 16.8 Å². The van der Waals surface area contributed by atoms with Crippen LogP contribution in [0.3, 0.4) is 0 Å². The summed E-state index contributed by atoms with van der Waals surface area (Å²) >= 11 is 1.89. The van der Waals surface area contributed by atoms with Crippen molar-refractivity contribution in [3.05, 3.63) is 21.9 Å². The number of hydrogen-bond donors (Lipinski definition) is 2. The number of rotatable bonds is 5. The normalized spacial score (nSPS) is 18.2. The number of piperidine rings is 1. The molecule has 1 aromatic heterocycles. The summed E-state index contributed by atoms with van der Waals surface area (Å²) in [5.41, 5.74) is 1.69. The van der Waals surface area contributed by atoms with Crippen molar-refractivity contribution in [2.45, 2.75) is 39.0 Å². The summed E-state index contributed by atoms with van der Waals surface area (Å²) in [5, 5.41) is 9.32. The van der Waals surface area contributed by atoms with Crippen LogP contribution >= 0.6 is 11.3 Å². The molecule has 2 N–H and O–H groups in total. The zero-order valence-electron chi connectivity index (χ0n) is 11.9. The molecule has 0 amide bonds. The third-order valence-corrected chi connectivity index (χ3v) is 5.32. The van der Waals surface area contributed by atoms with Crippen molar-refractivity contribution in [3.63, 3.8) is 0 Å². The van der Waals surface area contributed by atoms with Crippen LogP contribution in [0.1, 0.15) is 37.1 Å². The van der Waals surface area contributed by atoms with E-state index in [9.17, 15) is 0 Å². The minimum absolute atomic E-state index is 0.255. The maximum atomic E-state index is 3.69. The summed E-state index contributed by atoms with van der Waals surface area (Å²) in [4.78, 5) is 1.53. The molecule has 1 aliphatic heterocycles. The van der Waals surface area contributed by atoms with Crippen molar-refractivity contribution in [3.8, 4) is 0 Å². The van der Waals surface area contributed by atoms with Crippen LogP contribution < -0.4 is 10.6 Å². The zero-order chi connectivity index (χ0) is 13.0. The van der Waals surface area contributed by atoms with Crippen LogP contribution in [-0.4, -0.2) is 26.2 Å². The van der Waals surface area contributed by atoms with Gasteiger partial charge in [0.2, 0.25) is 0 Å². The van der Waals surface area contributed by atoms with Crippen LogP contribution in [0.5, 0.6) is 0 Å². The number of hydrogen-bond acceptors (Lipinski definition) is 3. The lowest BCUT2D eigenvalue weighted by atomic mass is 9.89. The fourth-order valence-corrected chi connectivity index (χ4v) is 3.87. The molecule has 0 aromatic carbocycles. The van der Waals surface area contributed by atoms with E-state index in [-0.39, 0.29) is 5.41 Å². The van der Waals surface area contributed by atoms with Crippen molar-refractivity contribution in [2.24, 2.45) is 5.92 Å². The highest BCUT2D eigenvalue weighted by atomic mass is 32.1. The highest BCUT2D eigenvalue weighted by Crippen LogP contribution is 2.30. The van der Waals surface area contributed by atoms with E-state index in [1.807, 2.05) is 11.3 Å². The second kappa shape index (κ2) is 6.18. The predicted molar refractivity (Wildman–Crippen MR) is 80.5 cm³/mol. The van der Waals surface area contributed by atoms with E-state index in [4.69, 9.17) is 0 Å². The number of aryl methyl sites for hydroxylation is 1. The number of nitrogens with one attached hydrogen (secondary N) is 2. The monoisotopic (exact) mass is 266 g/mol. The van der Waals surface area contributed by atoms with Crippen molar-refractivity contribution < 1.29 is 0 Å². The molecule has 0 radical (unpaired) electrons. The first-order chi connectivity index (χ1) is 8.59. The first kappa shape index (κ1) is 14.0. The Balaban J connectivity index is 1.80. The fraction of sp³-hybridized carbons (Fsp3) is 0.733. The molecule has 18 heavy (non-hydrogen) atoms. The lowest BCUT2D eigenvalue weighted by Gasteiger charge is -2.28. The minimum atomic E-state index is 0.255. The molecule has 102 valence electrons. The van der Waals surface area contributed by atoms with Crippen molar-refractivity contribution in [1.82, 2.24) is 10.6 Å². The topological polar surface area (TPSA) is 24.1 Å². The van der Waals surface area contributed by atoms with Crippen LogP contribution in [0.15, 0.2) is 11.4 Å². The van der Waals surface area contributed by atoms with Gasteiger partial charge in [-0.3, -0.25) is 0 Å².